The van der Waals surface area contributed by atoms with Crippen LogP contribution in [-0.4, -0.2) is 24.5 Å². The van der Waals surface area contributed by atoms with Gasteiger partial charge in [0.05, 0.1) is 18.1 Å². The Morgan fingerprint density at radius 1 is 1.15 bits per heavy atom. The monoisotopic (exact) mass is 362 g/mol. The first-order valence-electron chi connectivity index (χ1n) is 9.16. The quantitative estimate of drug-likeness (QED) is 0.735. The van der Waals surface area contributed by atoms with Gasteiger partial charge in [0.1, 0.15) is 0 Å². The second kappa shape index (κ2) is 8.50. The van der Waals surface area contributed by atoms with Gasteiger partial charge in [0.2, 0.25) is 0 Å². The highest BCUT2D eigenvalue weighted by atomic mass is 16.5. The molecule has 1 aliphatic carbocycles. The predicted molar refractivity (Wildman–Crippen MR) is 102 cm³/mol. The maximum absolute atomic E-state index is 12.8. The van der Waals surface area contributed by atoms with E-state index in [0.717, 1.165) is 19.3 Å². The second-order valence-corrected chi connectivity index (χ2v) is 6.62. The number of fused-ring (bicyclic) bond motifs is 1. The lowest BCUT2D eigenvalue weighted by molar-refractivity contribution is -0.126. The van der Waals surface area contributed by atoms with Gasteiger partial charge in [-0.15, -0.1) is 0 Å². The van der Waals surface area contributed by atoms with Crippen LogP contribution in [0, 0.1) is 11.3 Å². The second-order valence-electron chi connectivity index (χ2n) is 6.62. The summed E-state index contributed by atoms with van der Waals surface area (Å²) in [5, 5.41) is 8.88. The van der Waals surface area contributed by atoms with E-state index in [0.29, 0.717) is 11.3 Å². The molecular weight excluding hydrogens is 340 g/mol. The van der Waals surface area contributed by atoms with E-state index in [1.54, 1.807) is 25.1 Å². The maximum atomic E-state index is 12.8. The van der Waals surface area contributed by atoms with Crippen LogP contribution in [0.3, 0.4) is 0 Å². The van der Waals surface area contributed by atoms with E-state index >= 15 is 0 Å². The van der Waals surface area contributed by atoms with Crippen molar-refractivity contribution in [2.24, 2.45) is 0 Å². The van der Waals surface area contributed by atoms with Gasteiger partial charge in [-0.3, -0.25) is 4.79 Å². The number of rotatable bonds is 6. The summed E-state index contributed by atoms with van der Waals surface area (Å²) in [6, 6.07) is 16.7. The van der Waals surface area contributed by atoms with E-state index in [-0.39, 0.29) is 18.9 Å². The van der Waals surface area contributed by atoms with Crippen LogP contribution in [0.15, 0.2) is 48.5 Å². The van der Waals surface area contributed by atoms with Gasteiger partial charge in [-0.05, 0) is 61.6 Å². The van der Waals surface area contributed by atoms with Gasteiger partial charge in [-0.1, -0.05) is 24.3 Å². The minimum atomic E-state index is -0.940. The molecule has 1 amide bonds. The number of hydrogen-bond donors (Lipinski definition) is 0. The topological polar surface area (TPSA) is 70.4 Å². The fourth-order valence-electron chi connectivity index (χ4n) is 3.33. The average molecular weight is 362 g/mol. The summed E-state index contributed by atoms with van der Waals surface area (Å²) < 4.78 is 5.43. The molecule has 0 saturated heterocycles. The minimum Gasteiger partial charge on any atom is -0.449 e. The SMILES string of the molecule is CC(OC(=O)c1ccc2c(c1)CCC2)C(=O)N(CCC#N)c1ccccc1. The molecular formula is C22H22N2O3. The van der Waals surface area contributed by atoms with Gasteiger partial charge in [-0.25, -0.2) is 4.79 Å². The number of carbonyl (C=O) groups excluding carboxylic acids is 2. The molecule has 3 rings (SSSR count). The normalized spacial score (nSPS) is 13.3. The molecule has 1 aliphatic rings. The molecule has 1 atom stereocenters. The summed E-state index contributed by atoms with van der Waals surface area (Å²) in [7, 11) is 0. The predicted octanol–water partition coefficient (Wildman–Crippen LogP) is 3.67. The summed E-state index contributed by atoms with van der Waals surface area (Å²) >= 11 is 0. The Balaban J connectivity index is 1.71. The summed E-state index contributed by atoms with van der Waals surface area (Å²) in [4.78, 5) is 26.8. The fourth-order valence-corrected chi connectivity index (χ4v) is 3.33. The van der Waals surface area contributed by atoms with Crippen LogP contribution in [0.5, 0.6) is 0 Å². The van der Waals surface area contributed by atoms with Gasteiger partial charge in [0, 0.05) is 12.2 Å². The highest BCUT2D eigenvalue weighted by molar-refractivity contribution is 5.99. The van der Waals surface area contributed by atoms with Crippen LogP contribution in [0.2, 0.25) is 0 Å². The first-order valence-corrected chi connectivity index (χ1v) is 9.16. The van der Waals surface area contributed by atoms with Crippen molar-refractivity contribution < 1.29 is 14.3 Å². The number of benzene rings is 2. The Labute approximate surface area is 159 Å². The van der Waals surface area contributed by atoms with Gasteiger partial charge in [0.15, 0.2) is 6.10 Å². The molecule has 0 aliphatic heterocycles. The average Bonchev–Trinajstić information content (AvgIpc) is 3.16. The highest BCUT2D eigenvalue weighted by Crippen LogP contribution is 2.23. The largest absolute Gasteiger partial charge is 0.449 e. The van der Waals surface area contributed by atoms with Crippen molar-refractivity contribution in [2.75, 3.05) is 11.4 Å². The molecule has 0 bridgehead atoms. The third kappa shape index (κ3) is 4.35. The first-order chi connectivity index (χ1) is 13.1. The van der Waals surface area contributed by atoms with Gasteiger partial charge >= 0.3 is 5.97 Å². The number of amides is 1. The molecule has 0 fully saturated rings. The van der Waals surface area contributed by atoms with E-state index in [1.165, 1.54) is 16.0 Å². The van der Waals surface area contributed by atoms with E-state index in [9.17, 15) is 9.59 Å². The lowest BCUT2D eigenvalue weighted by Crippen LogP contribution is -2.40. The van der Waals surface area contributed by atoms with Crippen molar-refractivity contribution in [2.45, 2.75) is 38.7 Å². The molecule has 2 aromatic carbocycles. The summed E-state index contributed by atoms with van der Waals surface area (Å²) in [5.74, 6) is -0.843. The Hall–Kier alpha value is -3.13. The number of anilines is 1. The lowest BCUT2D eigenvalue weighted by Gasteiger charge is -2.25. The number of esters is 1. The number of nitriles is 1. The zero-order valence-corrected chi connectivity index (χ0v) is 15.4. The number of para-hydroxylation sites is 1. The summed E-state index contributed by atoms with van der Waals surface area (Å²) in [6.07, 6.45) is 2.38. The molecule has 27 heavy (non-hydrogen) atoms. The molecule has 0 saturated carbocycles. The van der Waals surface area contributed by atoms with Crippen LogP contribution in [-0.2, 0) is 22.4 Å². The van der Waals surface area contributed by atoms with Crippen molar-refractivity contribution in [3.63, 3.8) is 0 Å². The third-order valence-electron chi connectivity index (χ3n) is 4.75. The number of nitrogens with zero attached hydrogens (tertiary/aromatic N) is 2. The van der Waals surface area contributed by atoms with Crippen molar-refractivity contribution >= 4 is 17.6 Å². The molecule has 1 unspecified atom stereocenters. The fraction of sp³-hybridized carbons (Fsp3) is 0.318. The first kappa shape index (κ1) is 18.7. The summed E-state index contributed by atoms with van der Waals surface area (Å²) in [5.41, 5.74) is 3.61. The Kier molecular flexibility index (Phi) is 5.87. The zero-order chi connectivity index (χ0) is 19.2. The molecule has 2 aromatic rings. The third-order valence-corrected chi connectivity index (χ3v) is 4.75. The van der Waals surface area contributed by atoms with E-state index in [4.69, 9.17) is 10.00 Å². The zero-order valence-electron chi connectivity index (χ0n) is 15.4. The van der Waals surface area contributed by atoms with Crippen molar-refractivity contribution in [1.29, 1.82) is 5.26 Å². The molecule has 0 spiro atoms. The maximum Gasteiger partial charge on any atom is 0.338 e. The van der Waals surface area contributed by atoms with E-state index in [2.05, 4.69) is 6.07 Å². The summed E-state index contributed by atoms with van der Waals surface area (Å²) in [6.45, 7) is 1.82. The van der Waals surface area contributed by atoms with Gasteiger partial charge in [0.25, 0.3) is 5.91 Å². The number of aryl methyl sites for hydroxylation is 2. The molecule has 138 valence electrons. The molecule has 5 heteroatoms. The van der Waals surface area contributed by atoms with E-state index in [1.807, 2.05) is 30.3 Å². The molecule has 0 N–H and O–H groups in total. The van der Waals surface area contributed by atoms with Crippen molar-refractivity contribution in [3.05, 3.63) is 65.2 Å². The Morgan fingerprint density at radius 3 is 2.63 bits per heavy atom. The number of hydrogen-bond acceptors (Lipinski definition) is 4. The highest BCUT2D eigenvalue weighted by Gasteiger charge is 2.26. The molecule has 0 heterocycles. The van der Waals surface area contributed by atoms with Crippen LogP contribution in [0.25, 0.3) is 0 Å². The van der Waals surface area contributed by atoms with Gasteiger partial charge < -0.3 is 9.64 Å². The van der Waals surface area contributed by atoms with Crippen LogP contribution in [0.4, 0.5) is 5.69 Å². The standard InChI is InChI=1S/C22H22N2O3/c1-16(21(25)24(14-6-13-23)20-9-3-2-4-10-20)27-22(26)19-12-11-17-7-5-8-18(17)15-19/h2-4,9-12,15-16H,5-8,14H2,1H3. The van der Waals surface area contributed by atoms with Crippen molar-refractivity contribution in [3.8, 4) is 6.07 Å². The van der Waals surface area contributed by atoms with Crippen LogP contribution >= 0.6 is 0 Å². The molecule has 0 radical (unpaired) electrons. The Bertz CT molecular complexity index is 871. The molecule has 5 nitrogen and oxygen atoms in total. The van der Waals surface area contributed by atoms with E-state index < -0.39 is 12.1 Å². The smallest absolute Gasteiger partial charge is 0.338 e. The van der Waals surface area contributed by atoms with Crippen molar-refractivity contribution in [1.82, 2.24) is 0 Å². The van der Waals surface area contributed by atoms with Gasteiger partial charge in [-0.2, -0.15) is 5.26 Å². The number of ether oxygens (including phenoxy) is 1. The van der Waals surface area contributed by atoms with Crippen LogP contribution < -0.4 is 4.90 Å². The Morgan fingerprint density at radius 2 is 1.89 bits per heavy atom. The van der Waals surface area contributed by atoms with Crippen LogP contribution in [0.1, 0.15) is 41.3 Å². The minimum absolute atomic E-state index is 0.201. The lowest BCUT2D eigenvalue weighted by atomic mass is 10.1. The number of carbonyl (C=O) groups is 2. The molecule has 0 aromatic heterocycles.